The SMILES string of the molecule is CC(C)c1cc2c(c(C(C)C)c1CC=O)COC2. The van der Waals surface area contributed by atoms with Crippen LogP contribution in [-0.2, 0) is 29.2 Å². The molecule has 18 heavy (non-hydrogen) atoms. The van der Waals surface area contributed by atoms with Crippen LogP contribution in [0.2, 0.25) is 0 Å². The normalized spacial score (nSPS) is 14.3. The van der Waals surface area contributed by atoms with Crippen molar-refractivity contribution in [3.05, 3.63) is 33.9 Å². The first kappa shape index (κ1) is 13.3. The van der Waals surface area contributed by atoms with Gasteiger partial charge in [-0.3, -0.25) is 0 Å². The average molecular weight is 246 g/mol. The third-order valence-electron chi connectivity index (χ3n) is 3.71. The Labute approximate surface area is 109 Å². The summed E-state index contributed by atoms with van der Waals surface area (Å²) >= 11 is 0. The van der Waals surface area contributed by atoms with Crippen molar-refractivity contribution < 1.29 is 9.53 Å². The van der Waals surface area contributed by atoms with E-state index in [2.05, 4.69) is 33.8 Å². The number of benzene rings is 1. The van der Waals surface area contributed by atoms with Gasteiger partial charge in [0.25, 0.3) is 0 Å². The van der Waals surface area contributed by atoms with E-state index in [0.29, 0.717) is 24.9 Å². The van der Waals surface area contributed by atoms with Crippen LogP contribution < -0.4 is 0 Å². The second-order valence-corrected chi connectivity index (χ2v) is 5.67. The van der Waals surface area contributed by atoms with E-state index >= 15 is 0 Å². The number of fused-ring (bicyclic) bond motifs is 1. The molecule has 0 radical (unpaired) electrons. The zero-order valence-electron chi connectivity index (χ0n) is 11.7. The summed E-state index contributed by atoms with van der Waals surface area (Å²) < 4.78 is 5.59. The van der Waals surface area contributed by atoms with Gasteiger partial charge < -0.3 is 9.53 Å². The third-order valence-corrected chi connectivity index (χ3v) is 3.71. The number of carbonyl (C=O) groups excluding carboxylic acids is 1. The van der Waals surface area contributed by atoms with E-state index in [9.17, 15) is 4.79 Å². The molecule has 2 heteroatoms. The molecule has 1 aromatic rings. The second-order valence-electron chi connectivity index (χ2n) is 5.67. The van der Waals surface area contributed by atoms with Crippen molar-refractivity contribution in [2.24, 2.45) is 0 Å². The molecule has 0 fully saturated rings. The predicted molar refractivity (Wildman–Crippen MR) is 72.9 cm³/mol. The van der Waals surface area contributed by atoms with E-state index in [4.69, 9.17) is 4.74 Å². The molecule has 0 amide bonds. The molecular formula is C16H22O2. The minimum atomic E-state index is 0.439. The highest BCUT2D eigenvalue weighted by Crippen LogP contribution is 2.36. The van der Waals surface area contributed by atoms with Crippen LogP contribution in [0.4, 0.5) is 0 Å². The molecule has 0 spiro atoms. The van der Waals surface area contributed by atoms with Gasteiger partial charge in [-0.25, -0.2) is 0 Å². The minimum Gasteiger partial charge on any atom is -0.372 e. The molecule has 0 saturated heterocycles. The van der Waals surface area contributed by atoms with E-state index in [-0.39, 0.29) is 0 Å². The molecule has 0 aliphatic carbocycles. The Morgan fingerprint density at radius 1 is 1.22 bits per heavy atom. The molecule has 0 saturated carbocycles. The van der Waals surface area contributed by atoms with Gasteiger partial charge in [0, 0.05) is 6.42 Å². The highest BCUT2D eigenvalue weighted by atomic mass is 16.5. The van der Waals surface area contributed by atoms with Crippen molar-refractivity contribution >= 4 is 6.29 Å². The third kappa shape index (κ3) is 2.22. The van der Waals surface area contributed by atoms with E-state index in [1.54, 1.807) is 0 Å². The molecule has 1 aromatic carbocycles. The maximum atomic E-state index is 11.0. The summed E-state index contributed by atoms with van der Waals surface area (Å²) in [5, 5.41) is 0. The fourth-order valence-corrected chi connectivity index (χ4v) is 2.96. The summed E-state index contributed by atoms with van der Waals surface area (Å²) in [4.78, 5) is 11.0. The van der Waals surface area contributed by atoms with Gasteiger partial charge >= 0.3 is 0 Å². The van der Waals surface area contributed by atoms with Gasteiger partial charge in [0.2, 0.25) is 0 Å². The molecule has 0 N–H and O–H groups in total. The van der Waals surface area contributed by atoms with Crippen molar-refractivity contribution in [3.8, 4) is 0 Å². The summed E-state index contributed by atoms with van der Waals surface area (Å²) in [5.41, 5.74) is 6.54. The number of carbonyl (C=O) groups is 1. The number of rotatable bonds is 4. The standard InChI is InChI=1S/C16H22O2/c1-10(2)14-7-12-8-18-9-15(12)16(11(3)4)13(14)5-6-17/h6-7,10-11H,5,8-9H2,1-4H3. The number of hydrogen-bond donors (Lipinski definition) is 0. The van der Waals surface area contributed by atoms with Gasteiger partial charge in [0.05, 0.1) is 13.2 Å². The lowest BCUT2D eigenvalue weighted by atomic mass is 9.82. The molecule has 0 aromatic heterocycles. The van der Waals surface area contributed by atoms with Crippen molar-refractivity contribution in [2.75, 3.05) is 0 Å². The summed E-state index contributed by atoms with van der Waals surface area (Å²) in [6.45, 7) is 10.2. The van der Waals surface area contributed by atoms with Gasteiger partial charge in [0.15, 0.2) is 0 Å². The highest BCUT2D eigenvalue weighted by molar-refractivity contribution is 5.61. The molecule has 1 aliphatic heterocycles. The van der Waals surface area contributed by atoms with Crippen LogP contribution in [-0.4, -0.2) is 6.29 Å². The Kier molecular flexibility index (Phi) is 3.86. The molecule has 1 aliphatic rings. The highest BCUT2D eigenvalue weighted by Gasteiger charge is 2.24. The zero-order chi connectivity index (χ0) is 13.3. The largest absolute Gasteiger partial charge is 0.372 e. The van der Waals surface area contributed by atoms with Gasteiger partial charge in [-0.2, -0.15) is 0 Å². The van der Waals surface area contributed by atoms with Crippen LogP contribution in [0.1, 0.15) is 67.3 Å². The Bertz CT molecular complexity index is 459. The van der Waals surface area contributed by atoms with E-state index < -0.39 is 0 Å². The second kappa shape index (κ2) is 5.23. The van der Waals surface area contributed by atoms with Crippen molar-refractivity contribution in [1.29, 1.82) is 0 Å². The summed E-state index contributed by atoms with van der Waals surface area (Å²) in [6.07, 6.45) is 1.55. The zero-order valence-corrected chi connectivity index (χ0v) is 11.7. The molecule has 98 valence electrons. The van der Waals surface area contributed by atoms with Crippen LogP contribution in [0.3, 0.4) is 0 Å². The Balaban J connectivity index is 2.68. The van der Waals surface area contributed by atoms with Crippen molar-refractivity contribution in [3.63, 3.8) is 0 Å². The van der Waals surface area contributed by atoms with E-state index in [1.807, 2.05) is 0 Å². The molecule has 0 bridgehead atoms. The van der Waals surface area contributed by atoms with Crippen LogP contribution >= 0.6 is 0 Å². The maximum absolute atomic E-state index is 11.0. The van der Waals surface area contributed by atoms with Gasteiger partial charge in [-0.1, -0.05) is 33.8 Å². The first-order valence-electron chi connectivity index (χ1n) is 6.75. The van der Waals surface area contributed by atoms with E-state index in [1.165, 1.54) is 27.8 Å². The average Bonchev–Trinajstić information content (AvgIpc) is 2.75. The topological polar surface area (TPSA) is 26.3 Å². The summed E-state index contributed by atoms with van der Waals surface area (Å²) in [7, 11) is 0. The first-order chi connectivity index (χ1) is 8.56. The Hall–Kier alpha value is -1.15. The van der Waals surface area contributed by atoms with Gasteiger partial charge in [-0.05, 0) is 39.7 Å². The Morgan fingerprint density at radius 3 is 2.50 bits per heavy atom. The van der Waals surface area contributed by atoms with Gasteiger partial charge in [0.1, 0.15) is 6.29 Å². The molecule has 2 rings (SSSR count). The van der Waals surface area contributed by atoms with Gasteiger partial charge in [-0.15, -0.1) is 0 Å². The quantitative estimate of drug-likeness (QED) is 0.757. The predicted octanol–water partition coefficient (Wildman–Crippen LogP) is 3.71. The van der Waals surface area contributed by atoms with Crippen molar-refractivity contribution in [1.82, 2.24) is 0 Å². The Morgan fingerprint density at radius 2 is 1.94 bits per heavy atom. The maximum Gasteiger partial charge on any atom is 0.124 e. The first-order valence-corrected chi connectivity index (χ1v) is 6.75. The molecule has 1 heterocycles. The monoisotopic (exact) mass is 246 g/mol. The smallest absolute Gasteiger partial charge is 0.124 e. The number of ether oxygens (including phenoxy) is 1. The van der Waals surface area contributed by atoms with Crippen LogP contribution in [0.5, 0.6) is 0 Å². The molecular weight excluding hydrogens is 224 g/mol. The fourth-order valence-electron chi connectivity index (χ4n) is 2.96. The minimum absolute atomic E-state index is 0.439. The number of aldehydes is 1. The molecule has 0 atom stereocenters. The van der Waals surface area contributed by atoms with Crippen LogP contribution in [0.15, 0.2) is 6.07 Å². The lowest BCUT2D eigenvalue weighted by Crippen LogP contribution is -2.08. The van der Waals surface area contributed by atoms with Crippen LogP contribution in [0.25, 0.3) is 0 Å². The lowest BCUT2D eigenvalue weighted by Gasteiger charge is -2.22. The summed E-state index contributed by atoms with van der Waals surface area (Å²) in [6, 6.07) is 2.25. The van der Waals surface area contributed by atoms with E-state index in [0.717, 1.165) is 12.9 Å². The lowest BCUT2D eigenvalue weighted by molar-refractivity contribution is -0.107. The van der Waals surface area contributed by atoms with Crippen LogP contribution in [0, 0.1) is 0 Å². The summed E-state index contributed by atoms with van der Waals surface area (Å²) in [5.74, 6) is 0.887. The fraction of sp³-hybridized carbons (Fsp3) is 0.562. The number of hydrogen-bond acceptors (Lipinski definition) is 2. The molecule has 2 nitrogen and oxygen atoms in total. The van der Waals surface area contributed by atoms with Crippen molar-refractivity contribution in [2.45, 2.75) is 59.2 Å². The molecule has 0 unspecified atom stereocenters.